The summed E-state index contributed by atoms with van der Waals surface area (Å²) in [6.07, 6.45) is 7.91. The second-order valence-corrected chi connectivity index (χ2v) is 5.64. The van der Waals surface area contributed by atoms with E-state index in [9.17, 15) is 0 Å². The van der Waals surface area contributed by atoms with Gasteiger partial charge in [0.25, 0.3) is 0 Å². The average Bonchev–Trinajstić information content (AvgIpc) is 2.18. The van der Waals surface area contributed by atoms with Crippen LogP contribution in [0.3, 0.4) is 0 Å². The summed E-state index contributed by atoms with van der Waals surface area (Å²) >= 11 is 0. The van der Waals surface area contributed by atoms with Crippen LogP contribution in [0.1, 0.15) is 39.5 Å². The zero-order valence-corrected chi connectivity index (χ0v) is 10.3. The largest absolute Gasteiger partial charge is 0.299 e. The van der Waals surface area contributed by atoms with Crippen molar-refractivity contribution in [3.05, 3.63) is 12.7 Å². The molecule has 0 radical (unpaired) electrons. The van der Waals surface area contributed by atoms with E-state index in [1.165, 1.54) is 38.8 Å². The molecule has 1 nitrogen and oxygen atoms in total. The van der Waals surface area contributed by atoms with Gasteiger partial charge in [-0.15, -0.1) is 6.58 Å². The molecule has 1 saturated carbocycles. The Morgan fingerprint density at radius 2 is 1.93 bits per heavy atom. The van der Waals surface area contributed by atoms with Gasteiger partial charge in [0.05, 0.1) is 0 Å². The Morgan fingerprint density at radius 3 is 2.53 bits per heavy atom. The van der Waals surface area contributed by atoms with Gasteiger partial charge in [0.1, 0.15) is 0 Å². The van der Waals surface area contributed by atoms with Crippen LogP contribution in [0.15, 0.2) is 12.7 Å². The standard InChI is InChI=1S/C14H25N/c1-4-11(2)13-9-15(10-13)14-8-6-5-7-12(14)3/h4,11-14H,1,5-10H2,2-3H3/t11?,12-,14+/m1/s1. The van der Waals surface area contributed by atoms with Gasteiger partial charge in [0.15, 0.2) is 0 Å². The molecule has 15 heavy (non-hydrogen) atoms. The second kappa shape index (κ2) is 4.69. The smallest absolute Gasteiger partial charge is 0.0121 e. The molecule has 0 amide bonds. The summed E-state index contributed by atoms with van der Waals surface area (Å²) < 4.78 is 0. The summed E-state index contributed by atoms with van der Waals surface area (Å²) in [6, 6.07) is 0.895. The Balaban J connectivity index is 1.80. The van der Waals surface area contributed by atoms with E-state index in [-0.39, 0.29) is 0 Å². The molecule has 0 aromatic heterocycles. The number of likely N-dealkylation sites (tertiary alicyclic amines) is 1. The van der Waals surface area contributed by atoms with Crippen molar-refractivity contribution in [3.8, 4) is 0 Å². The molecule has 1 heteroatoms. The molecule has 3 atom stereocenters. The molecule has 2 fully saturated rings. The van der Waals surface area contributed by atoms with Crippen molar-refractivity contribution in [3.63, 3.8) is 0 Å². The van der Waals surface area contributed by atoms with Crippen LogP contribution in [0.4, 0.5) is 0 Å². The lowest BCUT2D eigenvalue weighted by molar-refractivity contribution is -0.00236. The van der Waals surface area contributed by atoms with Gasteiger partial charge in [-0.3, -0.25) is 4.90 Å². The van der Waals surface area contributed by atoms with Crippen LogP contribution in [0, 0.1) is 17.8 Å². The van der Waals surface area contributed by atoms with Crippen LogP contribution in [0.25, 0.3) is 0 Å². The molecule has 0 aromatic carbocycles. The Morgan fingerprint density at radius 1 is 1.27 bits per heavy atom. The van der Waals surface area contributed by atoms with Crippen LogP contribution >= 0.6 is 0 Å². The highest BCUT2D eigenvalue weighted by atomic mass is 15.2. The molecule has 0 spiro atoms. The predicted molar refractivity (Wildman–Crippen MR) is 65.8 cm³/mol. The minimum atomic E-state index is 0.708. The van der Waals surface area contributed by atoms with E-state index in [1.807, 2.05) is 0 Å². The maximum Gasteiger partial charge on any atom is 0.0121 e. The summed E-state index contributed by atoms with van der Waals surface area (Å²) in [5.74, 6) is 2.52. The van der Waals surface area contributed by atoms with Gasteiger partial charge in [-0.1, -0.05) is 32.8 Å². The Labute approximate surface area is 94.5 Å². The third-order valence-corrected chi connectivity index (χ3v) is 4.59. The van der Waals surface area contributed by atoms with Gasteiger partial charge in [-0.2, -0.15) is 0 Å². The zero-order chi connectivity index (χ0) is 10.8. The van der Waals surface area contributed by atoms with Gasteiger partial charge >= 0.3 is 0 Å². The first-order valence-corrected chi connectivity index (χ1v) is 6.59. The van der Waals surface area contributed by atoms with E-state index in [0.29, 0.717) is 5.92 Å². The monoisotopic (exact) mass is 207 g/mol. The third-order valence-electron chi connectivity index (χ3n) is 4.59. The number of allylic oxidation sites excluding steroid dienone is 1. The normalized spacial score (nSPS) is 35.9. The number of hydrogen-bond acceptors (Lipinski definition) is 1. The first kappa shape index (κ1) is 11.2. The highest BCUT2D eigenvalue weighted by Gasteiger charge is 2.37. The highest BCUT2D eigenvalue weighted by Crippen LogP contribution is 2.34. The molecule has 2 aliphatic rings. The van der Waals surface area contributed by atoms with E-state index in [0.717, 1.165) is 17.9 Å². The summed E-state index contributed by atoms with van der Waals surface area (Å²) in [5, 5.41) is 0. The maximum atomic E-state index is 3.90. The van der Waals surface area contributed by atoms with E-state index in [4.69, 9.17) is 0 Å². The van der Waals surface area contributed by atoms with Gasteiger partial charge in [-0.25, -0.2) is 0 Å². The molecule has 1 aliphatic heterocycles. The first-order chi connectivity index (χ1) is 7.22. The number of nitrogens with zero attached hydrogens (tertiary/aromatic N) is 1. The Bertz CT molecular complexity index is 217. The summed E-state index contributed by atoms with van der Waals surface area (Å²) in [5.41, 5.74) is 0. The van der Waals surface area contributed by atoms with Crippen LogP contribution in [-0.2, 0) is 0 Å². The van der Waals surface area contributed by atoms with Crippen molar-refractivity contribution >= 4 is 0 Å². The molecular weight excluding hydrogens is 182 g/mol. The van der Waals surface area contributed by atoms with E-state index >= 15 is 0 Å². The number of hydrogen-bond donors (Lipinski definition) is 0. The molecule has 1 saturated heterocycles. The lowest BCUT2D eigenvalue weighted by Gasteiger charge is -2.49. The predicted octanol–water partition coefficient (Wildman–Crippen LogP) is 3.32. The van der Waals surface area contributed by atoms with Crippen molar-refractivity contribution in [1.29, 1.82) is 0 Å². The van der Waals surface area contributed by atoms with Crippen molar-refractivity contribution in [2.24, 2.45) is 17.8 Å². The lowest BCUT2D eigenvalue weighted by atomic mass is 9.79. The van der Waals surface area contributed by atoms with Crippen molar-refractivity contribution in [2.45, 2.75) is 45.6 Å². The maximum absolute atomic E-state index is 3.90. The zero-order valence-electron chi connectivity index (χ0n) is 10.3. The average molecular weight is 207 g/mol. The lowest BCUT2D eigenvalue weighted by Crippen LogP contribution is -2.56. The van der Waals surface area contributed by atoms with Crippen molar-refractivity contribution in [1.82, 2.24) is 4.90 Å². The van der Waals surface area contributed by atoms with Crippen LogP contribution in [-0.4, -0.2) is 24.0 Å². The quantitative estimate of drug-likeness (QED) is 0.642. The fourth-order valence-electron chi connectivity index (χ4n) is 3.18. The fourth-order valence-corrected chi connectivity index (χ4v) is 3.18. The highest BCUT2D eigenvalue weighted by molar-refractivity contribution is 4.95. The topological polar surface area (TPSA) is 3.24 Å². The van der Waals surface area contributed by atoms with Gasteiger partial charge < -0.3 is 0 Å². The molecule has 2 rings (SSSR count). The molecule has 0 aromatic rings. The van der Waals surface area contributed by atoms with E-state index in [1.54, 1.807) is 0 Å². The first-order valence-electron chi connectivity index (χ1n) is 6.59. The van der Waals surface area contributed by atoms with E-state index in [2.05, 4.69) is 31.4 Å². The van der Waals surface area contributed by atoms with Crippen molar-refractivity contribution < 1.29 is 0 Å². The van der Waals surface area contributed by atoms with Crippen LogP contribution in [0.2, 0.25) is 0 Å². The van der Waals surface area contributed by atoms with Crippen molar-refractivity contribution in [2.75, 3.05) is 13.1 Å². The molecule has 1 aliphatic carbocycles. The third kappa shape index (κ3) is 2.28. The van der Waals surface area contributed by atoms with Gasteiger partial charge in [-0.05, 0) is 30.6 Å². The van der Waals surface area contributed by atoms with E-state index < -0.39 is 0 Å². The summed E-state index contributed by atoms with van der Waals surface area (Å²) in [7, 11) is 0. The molecule has 86 valence electrons. The minimum absolute atomic E-state index is 0.708. The molecule has 0 N–H and O–H groups in total. The molecule has 0 bridgehead atoms. The number of rotatable bonds is 3. The Kier molecular flexibility index (Phi) is 3.50. The molecule has 1 heterocycles. The summed E-state index contributed by atoms with van der Waals surface area (Å²) in [6.45, 7) is 11.3. The van der Waals surface area contributed by atoms with Crippen LogP contribution < -0.4 is 0 Å². The molecular formula is C14H25N. The van der Waals surface area contributed by atoms with Crippen LogP contribution in [0.5, 0.6) is 0 Å². The molecule has 1 unspecified atom stereocenters. The minimum Gasteiger partial charge on any atom is -0.299 e. The van der Waals surface area contributed by atoms with Gasteiger partial charge in [0.2, 0.25) is 0 Å². The van der Waals surface area contributed by atoms with Gasteiger partial charge in [0, 0.05) is 19.1 Å². The SMILES string of the molecule is C=CC(C)C1CN([C@H]2CCCC[C@H]2C)C1. The second-order valence-electron chi connectivity index (χ2n) is 5.64. The Hall–Kier alpha value is -0.300. The fraction of sp³-hybridized carbons (Fsp3) is 0.857. The summed E-state index contributed by atoms with van der Waals surface area (Å²) in [4.78, 5) is 2.72.